The average Bonchev–Trinajstić information content (AvgIpc) is 2.76. The molecule has 1 aromatic carbocycles. The molecule has 1 aromatic heterocycles. The smallest absolute Gasteiger partial charge is 0.0349 e. The maximum Gasteiger partial charge on any atom is 0.0349 e. The minimum atomic E-state index is 0.373. The van der Waals surface area contributed by atoms with Crippen LogP contribution in [0.3, 0.4) is 0 Å². The molecular formula is C16H20BrNS. The Morgan fingerprint density at radius 1 is 1.37 bits per heavy atom. The number of rotatable bonds is 1. The molecule has 1 aliphatic rings. The quantitative estimate of drug-likeness (QED) is 0.705. The zero-order valence-electron chi connectivity index (χ0n) is 12.0. The summed E-state index contributed by atoms with van der Waals surface area (Å²) in [4.78, 5) is 4.05. The van der Waals surface area contributed by atoms with Crippen molar-refractivity contribution >= 4 is 37.4 Å². The minimum absolute atomic E-state index is 0.373. The number of nitrogens with zero attached hydrogens (tertiary/aromatic N) is 1. The van der Waals surface area contributed by atoms with Gasteiger partial charge in [-0.1, -0.05) is 29.8 Å². The van der Waals surface area contributed by atoms with Crippen molar-refractivity contribution in [1.29, 1.82) is 0 Å². The van der Waals surface area contributed by atoms with Gasteiger partial charge in [-0.2, -0.15) is 0 Å². The topological polar surface area (TPSA) is 3.24 Å². The van der Waals surface area contributed by atoms with E-state index in [1.165, 1.54) is 33.2 Å². The van der Waals surface area contributed by atoms with Crippen molar-refractivity contribution in [1.82, 2.24) is 4.90 Å². The molecule has 3 rings (SSSR count). The molecule has 0 bridgehead atoms. The van der Waals surface area contributed by atoms with Gasteiger partial charge in [0.1, 0.15) is 0 Å². The first kappa shape index (κ1) is 13.6. The number of likely N-dealkylation sites (N-methyl/N-ethyl adjacent to an activating group) is 1. The fraction of sp³-hybridized carbons (Fsp3) is 0.500. The van der Waals surface area contributed by atoms with E-state index in [0.29, 0.717) is 11.3 Å². The molecule has 0 amide bonds. The van der Waals surface area contributed by atoms with Crippen molar-refractivity contribution < 1.29 is 0 Å². The summed E-state index contributed by atoms with van der Waals surface area (Å²) in [5.74, 6) is 0.661. The Hall–Kier alpha value is -0.380. The fourth-order valence-corrected chi connectivity index (χ4v) is 5.27. The van der Waals surface area contributed by atoms with Crippen molar-refractivity contribution in [3.8, 4) is 0 Å². The first-order chi connectivity index (χ1) is 8.88. The van der Waals surface area contributed by atoms with Crippen LogP contribution in [0.1, 0.15) is 30.2 Å². The number of benzene rings is 1. The van der Waals surface area contributed by atoms with Gasteiger partial charge in [0, 0.05) is 33.1 Å². The standard InChI is InChI=1S/C16H20BrNS/c1-10-12-7-11(17)5-6-14(12)19-15(10)13-8-18(4)9-16(13,2)3/h5-7,13H,8-9H2,1-4H3. The highest BCUT2D eigenvalue weighted by molar-refractivity contribution is 9.10. The Bertz CT molecular complexity index is 629. The fourth-order valence-electron chi connectivity index (χ4n) is 3.41. The Morgan fingerprint density at radius 3 is 2.74 bits per heavy atom. The van der Waals surface area contributed by atoms with Gasteiger partial charge in [-0.3, -0.25) is 0 Å². The van der Waals surface area contributed by atoms with Crippen molar-refractivity contribution in [3.63, 3.8) is 0 Å². The lowest BCUT2D eigenvalue weighted by Crippen LogP contribution is -2.21. The number of halogens is 1. The maximum absolute atomic E-state index is 3.59. The number of aryl methyl sites for hydroxylation is 1. The van der Waals surface area contributed by atoms with E-state index < -0.39 is 0 Å². The van der Waals surface area contributed by atoms with Crippen molar-refractivity contribution in [2.24, 2.45) is 5.41 Å². The summed E-state index contributed by atoms with van der Waals surface area (Å²) in [6, 6.07) is 6.65. The molecule has 0 aliphatic carbocycles. The molecule has 19 heavy (non-hydrogen) atoms. The molecule has 0 spiro atoms. The molecule has 1 nitrogen and oxygen atoms in total. The molecule has 0 radical (unpaired) electrons. The van der Waals surface area contributed by atoms with Gasteiger partial charge < -0.3 is 4.90 Å². The highest BCUT2D eigenvalue weighted by Gasteiger charge is 2.40. The van der Waals surface area contributed by atoms with Gasteiger partial charge in [-0.15, -0.1) is 11.3 Å². The van der Waals surface area contributed by atoms with Crippen molar-refractivity contribution in [2.75, 3.05) is 20.1 Å². The van der Waals surface area contributed by atoms with Crippen molar-refractivity contribution in [3.05, 3.63) is 33.1 Å². The molecule has 1 unspecified atom stereocenters. The summed E-state index contributed by atoms with van der Waals surface area (Å²) in [6.45, 7) is 9.47. The lowest BCUT2D eigenvalue weighted by Gasteiger charge is -2.25. The zero-order valence-corrected chi connectivity index (χ0v) is 14.4. The largest absolute Gasteiger partial charge is 0.305 e. The number of fused-ring (bicyclic) bond motifs is 1. The van der Waals surface area contributed by atoms with E-state index in [-0.39, 0.29) is 0 Å². The molecule has 1 saturated heterocycles. The van der Waals surface area contributed by atoms with Crippen molar-refractivity contribution in [2.45, 2.75) is 26.7 Å². The molecule has 3 heteroatoms. The van der Waals surface area contributed by atoms with Gasteiger partial charge in [-0.25, -0.2) is 0 Å². The first-order valence-corrected chi connectivity index (χ1v) is 8.36. The van der Waals surface area contributed by atoms with E-state index >= 15 is 0 Å². The summed E-state index contributed by atoms with van der Waals surface area (Å²) in [6.07, 6.45) is 0. The summed E-state index contributed by atoms with van der Waals surface area (Å²) in [5, 5.41) is 1.42. The molecule has 102 valence electrons. The first-order valence-electron chi connectivity index (χ1n) is 6.75. The van der Waals surface area contributed by atoms with E-state index in [1.807, 2.05) is 11.3 Å². The van der Waals surface area contributed by atoms with Crippen LogP contribution in [0.25, 0.3) is 10.1 Å². The van der Waals surface area contributed by atoms with Crippen LogP contribution in [0.2, 0.25) is 0 Å². The third-order valence-corrected chi connectivity index (χ3v) is 6.25. The highest BCUT2D eigenvalue weighted by atomic mass is 79.9. The molecule has 2 aromatic rings. The molecule has 0 N–H and O–H groups in total. The zero-order chi connectivity index (χ0) is 13.8. The Kier molecular flexibility index (Phi) is 3.27. The predicted octanol–water partition coefficient (Wildman–Crippen LogP) is 5.03. The second kappa shape index (κ2) is 4.57. The second-order valence-corrected chi connectivity index (χ2v) is 8.47. The van der Waals surface area contributed by atoms with E-state index in [9.17, 15) is 0 Å². The lowest BCUT2D eigenvalue weighted by molar-refractivity contribution is 0.325. The molecule has 1 fully saturated rings. The SMILES string of the molecule is Cc1c(C2CN(C)CC2(C)C)sc2ccc(Br)cc12. The van der Waals surface area contributed by atoms with Gasteiger partial charge in [0.05, 0.1) is 0 Å². The van der Waals surface area contributed by atoms with E-state index in [1.54, 1.807) is 4.88 Å². The van der Waals surface area contributed by atoms with E-state index in [0.717, 1.165) is 0 Å². The molecule has 1 atom stereocenters. The Labute approximate surface area is 127 Å². The third-order valence-electron chi connectivity index (χ3n) is 4.37. The number of thiophene rings is 1. The minimum Gasteiger partial charge on any atom is -0.305 e. The van der Waals surface area contributed by atoms with Gasteiger partial charge in [0.2, 0.25) is 0 Å². The Morgan fingerprint density at radius 2 is 2.11 bits per heavy atom. The van der Waals surface area contributed by atoms with Crippen LogP contribution in [-0.2, 0) is 0 Å². The van der Waals surface area contributed by atoms with E-state index in [4.69, 9.17) is 0 Å². The summed E-state index contributed by atoms with van der Waals surface area (Å²) in [5.41, 5.74) is 1.85. The summed E-state index contributed by atoms with van der Waals surface area (Å²) in [7, 11) is 2.24. The number of hydrogen-bond acceptors (Lipinski definition) is 2. The normalized spacial score (nSPS) is 23.3. The molecule has 2 heterocycles. The number of hydrogen-bond donors (Lipinski definition) is 0. The monoisotopic (exact) mass is 337 g/mol. The predicted molar refractivity (Wildman–Crippen MR) is 88.3 cm³/mol. The van der Waals surface area contributed by atoms with Crippen LogP contribution in [0.5, 0.6) is 0 Å². The maximum atomic E-state index is 3.59. The number of likely N-dealkylation sites (tertiary alicyclic amines) is 1. The Balaban J connectivity index is 2.13. The molecule has 0 saturated carbocycles. The van der Waals surface area contributed by atoms with Crippen LogP contribution in [-0.4, -0.2) is 25.0 Å². The van der Waals surface area contributed by atoms with Gasteiger partial charge in [-0.05, 0) is 48.5 Å². The van der Waals surface area contributed by atoms with Crippen LogP contribution < -0.4 is 0 Å². The molecule has 1 aliphatic heterocycles. The third kappa shape index (κ3) is 2.26. The van der Waals surface area contributed by atoms with Gasteiger partial charge in [0.25, 0.3) is 0 Å². The highest BCUT2D eigenvalue weighted by Crippen LogP contribution is 2.47. The van der Waals surface area contributed by atoms with Crippen LogP contribution >= 0.6 is 27.3 Å². The van der Waals surface area contributed by atoms with E-state index in [2.05, 4.69) is 66.8 Å². The summed E-state index contributed by atoms with van der Waals surface area (Å²) < 4.78 is 2.59. The lowest BCUT2D eigenvalue weighted by atomic mass is 9.80. The second-order valence-electron chi connectivity index (χ2n) is 6.47. The van der Waals surface area contributed by atoms with Crippen LogP contribution in [0.15, 0.2) is 22.7 Å². The molecular weight excluding hydrogens is 318 g/mol. The van der Waals surface area contributed by atoms with Gasteiger partial charge in [0.15, 0.2) is 0 Å². The average molecular weight is 338 g/mol. The van der Waals surface area contributed by atoms with Crippen LogP contribution in [0, 0.1) is 12.3 Å². The van der Waals surface area contributed by atoms with Crippen LogP contribution in [0.4, 0.5) is 0 Å². The van der Waals surface area contributed by atoms with Gasteiger partial charge >= 0.3 is 0 Å². The summed E-state index contributed by atoms with van der Waals surface area (Å²) >= 11 is 5.57.